The van der Waals surface area contributed by atoms with Gasteiger partial charge in [0.25, 0.3) is 0 Å². The summed E-state index contributed by atoms with van der Waals surface area (Å²) in [5.41, 5.74) is 3.21. The molecule has 2 heterocycles. The van der Waals surface area contributed by atoms with Crippen molar-refractivity contribution in [1.82, 2.24) is 4.90 Å². The number of carbonyl (C=O) groups is 3. The molecule has 2 fully saturated rings. The Morgan fingerprint density at radius 3 is 2.34 bits per heavy atom. The van der Waals surface area contributed by atoms with E-state index < -0.39 is 0 Å². The standard InChI is InChI=1S/C27H29NO4/c1-3-24(29)20-11-17(10-19-23(15-32-27(19)20)16-8-6-5-7-9-16)25(30)12-18-21-13-28(14-22(18)21)26(31)4-2/h5-11,18,21-23H,3-4,12-15H2,1-2H3/t18?,21-,22+,23-/m0/s1. The van der Waals surface area contributed by atoms with Gasteiger partial charge in [0.1, 0.15) is 5.75 Å². The molecule has 0 aromatic heterocycles. The Bertz CT molecular complexity index is 1060. The molecule has 32 heavy (non-hydrogen) atoms. The predicted molar refractivity (Wildman–Crippen MR) is 121 cm³/mol. The van der Waals surface area contributed by atoms with Crippen molar-refractivity contribution in [2.75, 3.05) is 19.7 Å². The summed E-state index contributed by atoms with van der Waals surface area (Å²) in [6, 6.07) is 13.8. The van der Waals surface area contributed by atoms with Gasteiger partial charge in [0.05, 0.1) is 12.2 Å². The van der Waals surface area contributed by atoms with Crippen molar-refractivity contribution in [1.29, 1.82) is 0 Å². The zero-order chi connectivity index (χ0) is 22.4. The molecule has 1 saturated carbocycles. The van der Waals surface area contributed by atoms with Crippen LogP contribution in [0.25, 0.3) is 0 Å². The van der Waals surface area contributed by atoms with E-state index >= 15 is 0 Å². The molecule has 4 atom stereocenters. The van der Waals surface area contributed by atoms with E-state index in [-0.39, 0.29) is 23.4 Å². The summed E-state index contributed by atoms with van der Waals surface area (Å²) in [5.74, 6) is 2.20. The average molecular weight is 432 g/mol. The van der Waals surface area contributed by atoms with E-state index in [0.717, 1.165) is 24.2 Å². The molecule has 0 spiro atoms. The first-order valence-corrected chi connectivity index (χ1v) is 11.7. The lowest BCUT2D eigenvalue weighted by atomic mass is 9.88. The van der Waals surface area contributed by atoms with Crippen LogP contribution in [0.5, 0.6) is 5.75 Å². The summed E-state index contributed by atoms with van der Waals surface area (Å²) >= 11 is 0. The number of amides is 1. The van der Waals surface area contributed by atoms with Crippen LogP contribution in [0, 0.1) is 17.8 Å². The maximum absolute atomic E-state index is 13.3. The van der Waals surface area contributed by atoms with Crippen molar-refractivity contribution in [3.8, 4) is 5.75 Å². The first-order chi connectivity index (χ1) is 15.5. The van der Waals surface area contributed by atoms with E-state index in [2.05, 4.69) is 12.1 Å². The van der Waals surface area contributed by atoms with Crippen molar-refractivity contribution >= 4 is 17.5 Å². The number of nitrogens with zero attached hydrogens (tertiary/aromatic N) is 1. The fourth-order valence-corrected chi connectivity index (χ4v) is 5.56. The van der Waals surface area contributed by atoms with Crippen molar-refractivity contribution in [3.05, 3.63) is 64.7 Å². The quantitative estimate of drug-likeness (QED) is 0.606. The third kappa shape index (κ3) is 3.54. The first-order valence-electron chi connectivity index (χ1n) is 11.7. The molecule has 1 unspecified atom stereocenters. The van der Waals surface area contributed by atoms with Crippen LogP contribution in [0.2, 0.25) is 0 Å². The molecule has 1 aliphatic carbocycles. The van der Waals surface area contributed by atoms with E-state index in [1.54, 1.807) is 6.07 Å². The van der Waals surface area contributed by atoms with Crippen molar-refractivity contribution in [2.24, 2.45) is 17.8 Å². The highest BCUT2D eigenvalue weighted by Gasteiger charge is 2.56. The minimum atomic E-state index is 0.00150. The Hall–Kier alpha value is -2.95. The minimum absolute atomic E-state index is 0.00150. The molecule has 5 rings (SSSR count). The Morgan fingerprint density at radius 1 is 0.969 bits per heavy atom. The summed E-state index contributed by atoms with van der Waals surface area (Å²) < 4.78 is 5.98. The van der Waals surface area contributed by atoms with Gasteiger partial charge in [0.15, 0.2) is 11.6 Å². The average Bonchev–Trinajstić information content (AvgIpc) is 3.17. The molecule has 166 valence electrons. The maximum atomic E-state index is 13.3. The van der Waals surface area contributed by atoms with Crippen LogP contribution in [-0.2, 0) is 4.79 Å². The van der Waals surface area contributed by atoms with Gasteiger partial charge in [-0.05, 0) is 35.4 Å². The van der Waals surface area contributed by atoms with Crippen LogP contribution in [0.15, 0.2) is 42.5 Å². The Labute approximate surface area is 188 Å². The molecule has 1 amide bonds. The lowest BCUT2D eigenvalue weighted by molar-refractivity contribution is -0.130. The first kappa shape index (κ1) is 20.9. The topological polar surface area (TPSA) is 63.7 Å². The number of hydrogen-bond donors (Lipinski definition) is 0. The number of Topliss-reactive ketones (excluding diaryl/α,β-unsaturated/α-hetero) is 2. The Balaban J connectivity index is 1.39. The highest BCUT2D eigenvalue weighted by molar-refractivity contribution is 6.04. The van der Waals surface area contributed by atoms with E-state index in [4.69, 9.17) is 4.74 Å². The number of ketones is 2. The van der Waals surface area contributed by atoms with Crippen molar-refractivity contribution in [2.45, 2.75) is 39.0 Å². The maximum Gasteiger partial charge on any atom is 0.222 e. The van der Waals surface area contributed by atoms with E-state index in [0.29, 0.717) is 60.5 Å². The Morgan fingerprint density at radius 2 is 1.69 bits per heavy atom. The molecule has 2 aromatic rings. The van der Waals surface area contributed by atoms with Crippen molar-refractivity contribution in [3.63, 3.8) is 0 Å². The monoisotopic (exact) mass is 431 g/mol. The smallest absolute Gasteiger partial charge is 0.222 e. The second-order valence-electron chi connectivity index (χ2n) is 9.26. The van der Waals surface area contributed by atoms with Gasteiger partial charge in [0.2, 0.25) is 5.91 Å². The van der Waals surface area contributed by atoms with Gasteiger partial charge < -0.3 is 9.64 Å². The number of rotatable bonds is 7. The number of ether oxygens (including phenoxy) is 1. The zero-order valence-electron chi connectivity index (χ0n) is 18.7. The SMILES string of the molecule is CCC(=O)c1cc(C(=O)CC2[C@H]3CN(C(=O)CC)C[C@@H]23)cc2c1OC[C@H]2c1ccccc1. The number of likely N-dealkylation sites (tertiary alicyclic amines) is 1. The fraction of sp³-hybridized carbons (Fsp3) is 0.444. The van der Waals surface area contributed by atoms with Gasteiger partial charge in [0, 0.05) is 49.4 Å². The van der Waals surface area contributed by atoms with Crippen LogP contribution in [0.1, 0.15) is 70.9 Å². The lowest BCUT2D eigenvalue weighted by Crippen LogP contribution is -2.31. The van der Waals surface area contributed by atoms with E-state index in [1.807, 2.05) is 43.0 Å². The molecule has 0 N–H and O–H groups in total. The van der Waals surface area contributed by atoms with E-state index in [9.17, 15) is 14.4 Å². The molecule has 5 nitrogen and oxygen atoms in total. The number of hydrogen-bond acceptors (Lipinski definition) is 4. The molecule has 2 aliphatic heterocycles. The van der Waals surface area contributed by atoms with Crippen LogP contribution in [-0.4, -0.2) is 42.1 Å². The summed E-state index contributed by atoms with van der Waals surface area (Å²) in [5, 5.41) is 0. The largest absolute Gasteiger partial charge is 0.492 e. The molecule has 0 radical (unpaired) electrons. The second kappa shape index (κ2) is 8.19. The molecular weight excluding hydrogens is 402 g/mol. The second-order valence-corrected chi connectivity index (χ2v) is 9.26. The van der Waals surface area contributed by atoms with Crippen LogP contribution < -0.4 is 4.74 Å². The summed E-state index contributed by atoms with van der Waals surface area (Å²) in [6.45, 7) is 5.77. The van der Waals surface area contributed by atoms with Gasteiger partial charge in [-0.3, -0.25) is 14.4 Å². The van der Waals surface area contributed by atoms with Gasteiger partial charge in [-0.1, -0.05) is 44.2 Å². The third-order valence-corrected chi connectivity index (χ3v) is 7.48. The molecule has 3 aliphatic rings. The Kier molecular flexibility index (Phi) is 5.36. The summed E-state index contributed by atoms with van der Waals surface area (Å²) in [4.78, 5) is 39.8. The van der Waals surface area contributed by atoms with Gasteiger partial charge in [-0.15, -0.1) is 0 Å². The van der Waals surface area contributed by atoms with Crippen LogP contribution in [0.3, 0.4) is 0 Å². The van der Waals surface area contributed by atoms with Crippen LogP contribution >= 0.6 is 0 Å². The highest BCUT2D eigenvalue weighted by Crippen LogP contribution is 2.54. The third-order valence-electron chi connectivity index (χ3n) is 7.48. The predicted octanol–water partition coefficient (Wildman–Crippen LogP) is 4.49. The fourth-order valence-electron chi connectivity index (χ4n) is 5.56. The number of fused-ring (bicyclic) bond motifs is 2. The molecule has 2 aromatic carbocycles. The van der Waals surface area contributed by atoms with Gasteiger partial charge in [-0.25, -0.2) is 0 Å². The summed E-state index contributed by atoms with van der Waals surface area (Å²) in [7, 11) is 0. The van der Waals surface area contributed by atoms with Gasteiger partial charge >= 0.3 is 0 Å². The zero-order valence-corrected chi connectivity index (χ0v) is 18.7. The number of carbonyl (C=O) groups excluding carboxylic acids is 3. The van der Waals surface area contributed by atoms with Crippen molar-refractivity contribution < 1.29 is 19.1 Å². The van der Waals surface area contributed by atoms with Gasteiger partial charge in [-0.2, -0.15) is 0 Å². The number of piperidine rings is 1. The lowest BCUT2D eigenvalue weighted by Gasteiger charge is -2.19. The number of benzene rings is 2. The molecular formula is C27H29NO4. The highest BCUT2D eigenvalue weighted by atomic mass is 16.5. The van der Waals surface area contributed by atoms with E-state index in [1.165, 1.54) is 0 Å². The molecule has 5 heteroatoms. The molecule has 1 saturated heterocycles. The minimum Gasteiger partial charge on any atom is -0.492 e. The van der Waals surface area contributed by atoms with Crippen LogP contribution in [0.4, 0.5) is 0 Å². The molecule has 0 bridgehead atoms. The summed E-state index contributed by atoms with van der Waals surface area (Å²) in [6.07, 6.45) is 1.40. The normalized spacial score (nSPS) is 25.1.